The van der Waals surface area contributed by atoms with Gasteiger partial charge in [0, 0.05) is 5.92 Å². The van der Waals surface area contributed by atoms with Crippen LogP contribution in [-0.4, -0.2) is 11.2 Å². The molecule has 0 bridgehead atoms. The first kappa shape index (κ1) is 10.5. The zero-order chi connectivity index (χ0) is 8.85. The first-order valence-corrected chi connectivity index (χ1v) is 4.21. The highest BCUT2D eigenvalue weighted by Crippen LogP contribution is 2.03. The number of rotatable bonds is 2. The van der Waals surface area contributed by atoms with Gasteiger partial charge in [0.15, 0.2) is 0 Å². The fourth-order valence-electron chi connectivity index (χ4n) is 0.768. The lowest BCUT2D eigenvalue weighted by Crippen LogP contribution is -2.07. The first-order valence-electron chi connectivity index (χ1n) is 4.21. The standard InChI is InChI=1S/C10H18O/c1-8(2)5-6-10(11)7-9(3)4/h8-11H,7H2,1-4H3. The van der Waals surface area contributed by atoms with E-state index in [9.17, 15) is 5.11 Å². The lowest BCUT2D eigenvalue weighted by Gasteiger charge is -2.05. The summed E-state index contributed by atoms with van der Waals surface area (Å²) in [6, 6.07) is 0. The zero-order valence-corrected chi connectivity index (χ0v) is 7.89. The SMILES string of the molecule is CC(C)C#CC(O)CC(C)C. The molecule has 0 aromatic carbocycles. The van der Waals surface area contributed by atoms with Crippen LogP contribution in [0.2, 0.25) is 0 Å². The van der Waals surface area contributed by atoms with Gasteiger partial charge in [-0.1, -0.05) is 39.5 Å². The molecule has 64 valence electrons. The highest BCUT2D eigenvalue weighted by molar-refractivity contribution is 5.06. The van der Waals surface area contributed by atoms with Crippen LogP contribution < -0.4 is 0 Å². The molecule has 1 N–H and O–H groups in total. The van der Waals surface area contributed by atoms with E-state index >= 15 is 0 Å². The molecule has 0 radical (unpaired) electrons. The maximum Gasteiger partial charge on any atom is 0.115 e. The van der Waals surface area contributed by atoms with Crippen molar-refractivity contribution in [1.82, 2.24) is 0 Å². The lowest BCUT2D eigenvalue weighted by atomic mass is 10.1. The summed E-state index contributed by atoms with van der Waals surface area (Å²) < 4.78 is 0. The van der Waals surface area contributed by atoms with E-state index in [0.717, 1.165) is 6.42 Å². The monoisotopic (exact) mass is 154 g/mol. The van der Waals surface area contributed by atoms with E-state index < -0.39 is 6.10 Å². The summed E-state index contributed by atoms with van der Waals surface area (Å²) in [5, 5.41) is 9.29. The molecular formula is C10H18O. The van der Waals surface area contributed by atoms with Gasteiger partial charge >= 0.3 is 0 Å². The van der Waals surface area contributed by atoms with E-state index in [4.69, 9.17) is 0 Å². The average molecular weight is 154 g/mol. The van der Waals surface area contributed by atoms with E-state index in [2.05, 4.69) is 25.7 Å². The molecule has 0 aliphatic rings. The highest BCUT2D eigenvalue weighted by Gasteiger charge is 2.01. The fourth-order valence-corrected chi connectivity index (χ4v) is 0.768. The third kappa shape index (κ3) is 7.42. The number of aliphatic hydroxyl groups is 1. The third-order valence-electron chi connectivity index (χ3n) is 1.23. The van der Waals surface area contributed by atoms with E-state index in [1.807, 2.05) is 13.8 Å². The number of hydrogen-bond donors (Lipinski definition) is 1. The molecule has 0 saturated heterocycles. The van der Waals surface area contributed by atoms with Crippen molar-refractivity contribution in [3.63, 3.8) is 0 Å². The van der Waals surface area contributed by atoms with Crippen molar-refractivity contribution in [2.75, 3.05) is 0 Å². The Labute approximate surface area is 69.8 Å². The topological polar surface area (TPSA) is 20.2 Å². The average Bonchev–Trinajstić information content (AvgIpc) is 1.82. The molecule has 11 heavy (non-hydrogen) atoms. The fraction of sp³-hybridized carbons (Fsp3) is 0.800. The molecule has 0 heterocycles. The number of aliphatic hydroxyl groups excluding tert-OH is 1. The molecule has 0 saturated carbocycles. The van der Waals surface area contributed by atoms with Gasteiger partial charge in [-0.15, -0.1) is 0 Å². The summed E-state index contributed by atoms with van der Waals surface area (Å²) in [7, 11) is 0. The Hall–Kier alpha value is -0.480. The highest BCUT2D eigenvalue weighted by atomic mass is 16.3. The maximum atomic E-state index is 9.29. The Kier molecular flexibility index (Phi) is 4.98. The van der Waals surface area contributed by atoms with E-state index in [-0.39, 0.29) is 0 Å². The minimum Gasteiger partial charge on any atom is -0.380 e. The summed E-state index contributed by atoms with van der Waals surface area (Å²) in [6.45, 7) is 8.21. The van der Waals surface area contributed by atoms with Crippen LogP contribution in [-0.2, 0) is 0 Å². The Morgan fingerprint density at radius 1 is 1.09 bits per heavy atom. The van der Waals surface area contributed by atoms with Gasteiger partial charge in [-0.3, -0.25) is 0 Å². The minimum atomic E-state index is -0.433. The molecule has 0 aromatic heterocycles. The van der Waals surface area contributed by atoms with Crippen LogP contribution >= 0.6 is 0 Å². The van der Waals surface area contributed by atoms with Crippen LogP contribution in [0.5, 0.6) is 0 Å². The van der Waals surface area contributed by atoms with Crippen LogP contribution in [0, 0.1) is 23.7 Å². The van der Waals surface area contributed by atoms with Crippen molar-refractivity contribution in [2.45, 2.75) is 40.2 Å². The Bertz CT molecular complexity index is 148. The van der Waals surface area contributed by atoms with Crippen LogP contribution in [0.3, 0.4) is 0 Å². The van der Waals surface area contributed by atoms with Crippen molar-refractivity contribution >= 4 is 0 Å². The first-order chi connectivity index (χ1) is 5.02. The molecule has 0 amide bonds. The third-order valence-corrected chi connectivity index (χ3v) is 1.23. The molecule has 0 aromatic rings. The molecule has 0 spiro atoms. The summed E-state index contributed by atoms with van der Waals surface area (Å²) in [6.07, 6.45) is 0.345. The van der Waals surface area contributed by atoms with Crippen LogP contribution in [0.15, 0.2) is 0 Å². The van der Waals surface area contributed by atoms with Crippen molar-refractivity contribution in [3.8, 4) is 11.8 Å². The molecule has 0 fully saturated rings. The Balaban J connectivity index is 3.70. The second kappa shape index (κ2) is 5.21. The van der Waals surface area contributed by atoms with Gasteiger partial charge in [0.2, 0.25) is 0 Å². The second-order valence-corrected chi connectivity index (χ2v) is 3.59. The summed E-state index contributed by atoms with van der Waals surface area (Å²) in [5.41, 5.74) is 0. The largest absolute Gasteiger partial charge is 0.380 e. The van der Waals surface area contributed by atoms with E-state index in [1.54, 1.807) is 0 Å². The summed E-state index contributed by atoms with van der Waals surface area (Å²) in [4.78, 5) is 0. The smallest absolute Gasteiger partial charge is 0.115 e. The van der Waals surface area contributed by atoms with Gasteiger partial charge in [-0.2, -0.15) is 0 Å². The molecule has 1 heteroatoms. The van der Waals surface area contributed by atoms with Crippen LogP contribution in [0.4, 0.5) is 0 Å². The second-order valence-electron chi connectivity index (χ2n) is 3.59. The molecule has 0 rings (SSSR count). The molecule has 1 atom stereocenters. The van der Waals surface area contributed by atoms with Crippen molar-refractivity contribution in [2.24, 2.45) is 11.8 Å². The Morgan fingerprint density at radius 2 is 1.64 bits per heavy atom. The predicted octanol–water partition coefficient (Wildman–Crippen LogP) is 2.05. The van der Waals surface area contributed by atoms with Crippen molar-refractivity contribution < 1.29 is 5.11 Å². The van der Waals surface area contributed by atoms with Crippen LogP contribution in [0.1, 0.15) is 34.1 Å². The molecule has 0 aliphatic carbocycles. The summed E-state index contributed by atoms with van der Waals surface area (Å²) >= 11 is 0. The van der Waals surface area contributed by atoms with Crippen molar-refractivity contribution in [1.29, 1.82) is 0 Å². The normalized spacial score (nSPS) is 13.0. The van der Waals surface area contributed by atoms with Gasteiger partial charge in [0.25, 0.3) is 0 Å². The van der Waals surface area contributed by atoms with E-state index in [1.165, 1.54) is 0 Å². The van der Waals surface area contributed by atoms with E-state index in [0.29, 0.717) is 11.8 Å². The molecule has 1 unspecified atom stereocenters. The Morgan fingerprint density at radius 3 is 2.00 bits per heavy atom. The quantitative estimate of drug-likeness (QED) is 0.603. The van der Waals surface area contributed by atoms with Gasteiger partial charge in [-0.05, 0) is 12.3 Å². The molecular weight excluding hydrogens is 136 g/mol. The predicted molar refractivity (Wildman–Crippen MR) is 48.1 cm³/mol. The molecule has 1 nitrogen and oxygen atoms in total. The van der Waals surface area contributed by atoms with Gasteiger partial charge < -0.3 is 5.11 Å². The number of hydrogen-bond acceptors (Lipinski definition) is 1. The van der Waals surface area contributed by atoms with Gasteiger partial charge in [0.1, 0.15) is 6.10 Å². The van der Waals surface area contributed by atoms with Gasteiger partial charge in [-0.25, -0.2) is 0 Å². The summed E-state index contributed by atoms with van der Waals surface area (Å²) in [5.74, 6) is 6.65. The van der Waals surface area contributed by atoms with Gasteiger partial charge in [0.05, 0.1) is 0 Å². The maximum absolute atomic E-state index is 9.29. The zero-order valence-electron chi connectivity index (χ0n) is 7.89. The minimum absolute atomic E-state index is 0.358. The lowest BCUT2D eigenvalue weighted by molar-refractivity contribution is 0.203. The van der Waals surface area contributed by atoms with Crippen molar-refractivity contribution in [3.05, 3.63) is 0 Å². The molecule has 0 aliphatic heterocycles. The van der Waals surface area contributed by atoms with Crippen LogP contribution in [0.25, 0.3) is 0 Å².